The summed E-state index contributed by atoms with van der Waals surface area (Å²) < 4.78 is 8.10. The molecule has 0 spiro atoms. The number of rotatable bonds is 9. The van der Waals surface area contributed by atoms with Crippen LogP contribution in [0.5, 0.6) is 11.5 Å². The van der Waals surface area contributed by atoms with Crippen molar-refractivity contribution < 1.29 is 4.74 Å². The molecule has 0 saturated heterocycles. The van der Waals surface area contributed by atoms with Crippen LogP contribution in [0.2, 0.25) is 5.02 Å². The number of aryl methyl sites for hydroxylation is 1. The Hall–Kier alpha value is -2.27. The minimum absolute atomic E-state index is 0.550. The molecule has 3 rings (SSSR count). The highest BCUT2D eigenvalue weighted by Crippen LogP contribution is 2.37. The van der Waals surface area contributed by atoms with Gasteiger partial charge in [-0.05, 0) is 30.7 Å². The van der Waals surface area contributed by atoms with Gasteiger partial charge >= 0.3 is 0 Å². The Kier molecular flexibility index (Phi) is 6.34. The molecular weight excluding hydrogens is 348 g/mol. The van der Waals surface area contributed by atoms with E-state index in [1.807, 2.05) is 48.0 Å². The normalized spacial score (nSPS) is 11.0. The molecule has 0 atom stereocenters. The van der Waals surface area contributed by atoms with Crippen molar-refractivity contribution in [3.8, 4) is 11.5 Å². The number of aromatic nitrogens is 3. The van der Waals surface area contributed by atoms with E-state index in [4.69, 9.17) is 16.3 Å². The number of anilines is 1. The molecule has 0 aliphatic heterocycles. The molecule has 0 aliphatic carbocycles. The van der Waals surface area contributed by atoms with E-state index in [0.29, 0.717) is 22.2 Å². The van der Waals surface area contributed by atoms with Gasteiger partial charge in [0, 0.05) is 19.7 Å². The summed E-state index contributed by atoms with van der Waals surface area (Å²) in [6.45, 7) is 2.23. The van der Waals surface area contributed by atoms with Crippen molar-refractivity contribution in [1.29, 1.82) is 0 Å². The Morgan fingerprint density at radius 1 is 1.08 bits per heavy atom. The minimum atomic E-state index is 0.550. The highest BCUT2D eigenvalue weighted by atomic mass is 35.5. The van der Waals surface area contributed by atoms with Crippen molar-refractivity contribution >= 4 is 22.9 Å². The van der Waals surface area contributed by atoms with Gasteiger partial charge in [-0.3, -0.25) is 4.40 Å². The number of hydrogen-bond donors (Lipinski definition) is 1. The van der Waals surface area contributed by atoms with Crippen LogP contribution >= 0.6 is 11.6 Å². The lowest BCUT2D eigenvalue weighted by atomic mass is 10.1. The maximum absolute atomic E-state index is 6.32. The first kappa shape index (κ1) is 18.5. The molecule has 5 nitrogen and oxygen atoms in total. The molecule has 138 valence electrons. The van der Waals surface area contributed by atoms with E-state index in [9.17, 15) is 0 Å². The summed E-state index contributed by atoms with van der Waals surface area (Å²) in [5, 5.41) is 12.4. The lowest BCUT2D eigenvalue weighted by Gasteiger charge is -2.12. The van der Waals surface area contributed by atoms with E-state index in [1.165, 1.54) is 25.7 Å². The SMILES string of the molecule is CCCCCCCc1nnc2c(Oc3c(Cl)cccc3NC)cccn12. The third-order valence-corrected chi connectivity index (χ3v) is 4.72. The molecule has 2 aromatic heterocycles. The molecule has 0 aliphatic rings. The second-order valence-corrected chi connectivity index (χ2v) is 6.72. The van der Waals surface area contributed by atoms with Crippen LogP contribution in [0.3, 0.4) is 0 Å². The predicted octanol–water partition coefficient (Wildman–Crippen LogP) is 5.73. The summed E-state index contributed by atoms with van der Waals surface area (Å²) in [6, 6.07) is 9.45. The molecule has 0 bridgehead atoms. The number of hydrogen-bond acceptors (Lipinski definition) is 4. The van der Waals surface area contributed by atoms with Gasteiger partial charge in [-0.25, -0.2) is 0 Å². The number of ether oxygens (including phenoxy) is 1. The lowest BCUT2D eigenvalue weighted by molar-refractivity contribution is 0.486. The smallest absolute Gasteiger partial charge is 0.203 e. The number of benzene rings is 1. The van der Waals surface area contributed by atoms with Crippen molar-refractivity contribution in [3.05, 3.63) is 47.4 Å². The van der Waals surface area contributed by atoms with Gasteiger partial charge in [0.15, 0.2) is 11.5 Å². The molecule has 3 aromatic rings. The van der Waals surface area contributed by atoms with Gasteiger partial charge in [0.2, 0.25) is 5.65 Å². The van der Waals surface area contributed by atoms with E-state index in [2.05, 4.69) is 22.4 Å². The van der Waals surface area contributed by atoms with Crippen LogP contribution < -0.4 is 10.1 Å². The largest absolute Gasteiger partial charge is 0.450 e. The van der Waals surface area contributed by atoms with Crippen LogP contribution in [0.1, 0.15) is 44.9 Å². The molecule has 2 heterocycles. The predicted molar refractivity (Wildman–Crippen MR) is 107 cm³/mol. The van der Waals surface area contributed by atoms with E-state index in [0.717, 1.165) is 24.4 Å². The summed E-state index contributed by atoms with van der Waals surface area (Å²) in [4.78, 5) is 0. The van der Waals surface area contributed by atoms with E-state index in [1.54, 1.807) is 0 Å². The lowest BCUT2D eigenvalue weighted by Crippen LogP contribution is -1.98. The summed E-state index contributed by atoms with van der Waals surface area (Å²) in [5.74, 6) is 2.20. The van der Waals surface area contributed by atoms with Gasteiger partial charge < -0.3 is 10.1 Å². The summed E-state index contributed by atoms with van der Waals surface area (Å²) in [5.41, 5.74) is 1.54. The fourth-order valence-corrected chi connectivity index (χ4v) is 3.21. The van der Waals surface area contributed by atoms with Crippen LogP contribution in [0.4, 0.5) is 5.69 Å². The number of fused-ring (bicyclic) bond motifs is 1. The first-order chi connectivity index (χ1) is 12.7. The Morgan fingerprint density at radius 2 is 1.92 bits per heavy atom. The number of nitrogens with zero attached hydrogens (tertiary/aromatic N) is 3. The molecule has 0 fully saturated rings. The third-order valence-electron chi connectivity index (χ3n) is 4.42. The molecule has 0 unspecified atom stereocenters. The third kappa shape index (κ3) is 4.10. The molecule has 0 saturated carbocycles. The number of halogens is 1. The number of unbranched alkanes of at least 4 members (excludes halogenated alkanes) is 4. The molecular formula is C20H25ClN4O. The summed E-state index contributed by atoms with van der Waals surface area (Å²) in [7, 11) is 1.84. The zero-order valence-electron chi connectivity index (χ0n) is 15.3. The standard InChI is InChI=1S/C20H25ClN4O/c1-3-4-5-6-7-13-18-23-24-20-17(12-9-14-25(18)20)26-19-15(21)10-8-11-16(19)22-2/h8-12,14,22H,3-7,13H2,1-2H3. The fourth-order valence-electron chi connectivity index (χ4n) is 3.00. The minimum Gasteiger partial charge on any atom is -0.450 e. The maximum atomic E-state index is 6.32. The Labute approximate surface area is 159 Å². The molecule has 1 aromatic carbocycles. The fraction of sp³-hybridized carbons (Fsp3) is 0.400. The molecule has 0 radical (unpaired) electrons. The van der Waals surface area contributed by atoms with Crippen molar-refractivity contribution in [1.82, 2.24) is 14.6 Å². The molecule has 6 heteroatoms. The topological polar surface area (TPSA) is 51.5 Å². The Balaban J connectivity index is 1.81. The van der Waals surface area contributed by atoms with Crippen molar-refractivity contribution in [2.45, 2.75) is 45.4 Å². The maximum Gasteiger partial charge on any atom is 0.203 e. The van der Waals surface area contributed by atoms with Gasteiger partial charge in [0.1, 0.15) is 5.82 Å². The van der Waals surface area contributed by atoms with Crippen LogP contribution in [-0.4, -0.2) is 21.6 Å². The molecule has 26 heavy (non-hydrogen) atoms. The number of pyridine rings is 1. The van der Waals surface area contributed by atoms with E-state index < -0.39 is 0 Å². The van der Waals surface area contributed by atoms with Gasteiger partial charge in [0.05, 0.1) is 10.7 Å². The second kappa shape index (κ2) is 8.90. The second-order valence-electron chi connectivity index (χ2n) is 6.32. The number of nitrogens with one attached hydrogen (secondary N) is 1. The first-order valence-electron chi connectivity index (χ1n) is 9.21. The average molecular weight is 373 g/mol. The van der Waals surface area contributed by atoms with Crippen LogP contribution in [-0.2, 0) is 6.42 Å². The Bertz CT molecular complexity index is 862. The van der Waals surface area contributed by atoms with Crippen LogP contribution in [0.15, 0.2) is 36.5 Å². The monoisotopic (exact) mass is 372 g/mol. The van der Waals surface area contributed by atoms with Gasteiger partial charge in [0.25, 0.3) is 0 Å². The average Bonchev–Trinajstić information content (AvgIpc) is 3.07. The molecule has 0 amide bonds. The van der Waals surface area contributed by atoms with Crippen LogP contribution in [0.25, 0.3) is 5.65 Å². The van der Waals surface area contributed by atoms with Gasteiger partial charge in [-0.2, -0.15) is 0 Å². The van der Waals surface area contributed by atoms with Crippen molar-refractivity contribution in [3.63, 3.8) is 0 Å². The van der Waals surface area contributed by atoms with Gasteiger partial charge in [-0.15, -0.1) is 10.2 Å². The van der Waals surface area contributed by atoms with Crippen molar-refractivity contribution in [2.24, 2.45) is 0 Å². The van der Waals surface area contributed by atoms with E-state index in [-0.39, 0.29) is 0 Å². The highest BCUT2D eigenvalue weighted by Gasteiger charge is 2.14. The Morgan fingerprint density at radius 3 is 2.73 bits per heavy atom. The summed E-state index contributed by atoms with van der Waals surface area (Å²) >= 11 is 6.32. The van der Waals surface area contributed by atoms with E-state index >= 15 is 0 Å². The van der Waals surface area contributed by atoms with Crippen molar-refractivity contribution in [2.75, 3.05) is 12.4 Å². The zero-order valence-corrected chi connectivity index (χ0v) is 16.1. The quantitative estimate of drug-likeness (QED) is 0.487. The zero-order chi connectivity index (χ0) is 18.4. The number of para-hydroxylation sites is 1. The van der Waals surface area contributed by atoms with Gasteiger partial charge in [-0.1, -0.05) is 50.3 Å². The summed E-state index contributed by atoms with van der Waals surface area (Å²) in [6.07, 6.45) is 9.08. The van der Waals surface area contributed by atoms with Crippen LogP contribution in [0, 0.1) is 0 Å². The molecule has 1 N–H and O–H groups in total. The first-order valence-corrected chi connectivity index (χ1v) is 9.59. The highest BCUT2D eigenvalue weighted by molar-refractivity contribution is 6.32.